The van der Waals surface area contributed by atoms with E-state index in [-0.39, 0.29) is 12.2 Å². The molecule has 0 spiro atoms. The Bertz CT molecular complexity index is 397. The highest BCUT2D eigenvalue weighted by molar-refractivity contribution is 5.31. The molecule has 112 valence electrons. The third-order valence-corrected chi connectivity index (χ3v) is 3.40. The monoisotopic (exact) mass is 280 g/mol. The molecule has 0 bridgehead atoms. The van der Waals surface area contributed by atoms with Crippen LogP contribution in [0.3, 0.4) is 0 Å². The quantitative estimate of drug-likeness (QED) is 0.846. The molecule has 2 N–H and O–H groups in total. The molecule has 0 aromatic heterocycles. The molecule has 0 saturated carbocycles. The maximum atomic E-state index is 5.74. The van der Waals surface area contributed by atoms with E-state index in [0.29, 0.717) is 13.2 Å². The summed E-state index contributed by atoms with van der Waals surface area (Å²) in [6, 6.07) is 7.64. The fraction of sp³-hybridized carbons (Fsp3) is 0.600. The van der Waals surface area contributed by atoms with Crippen LogP contribution in [-0.2, 0) is 4.74 Å². The molecule has 1 aliphatic heterocycles. The second kappa shape index (κ2) is 7.47. The van der Waals surface area contributed by atoms with Crippen LogP contribution in [0, 0.1) is 0 Å². The third-order valence-electron chi connectivity index (χ3n) is 3.40. The van der Waals surface area contributed by atoms with Crippen LogP contribution in [0.25, 0.3) is 0 Å². The first-order chi connectivity index (χ1) is 9.71. The Morgan fingerprint density at radius 2 is 1.95 bits per heavy atom. The Morgan fingerprint density at radius 1 is 1.25 bits per heavy atom. The number of hydrogen-bond donors (Lipinski definition) is 1. The molecule has 1 heterocycles. The van der Waals surface area contributed by atoms with Gasteiger partial charge in [0.15, 0.2) is 0 Å². The van der Waals surface area contributed by atoms with E-state index in [0.717, 1.165) is 31.1 Å². The molecule has 0 aliphatic carbocycles. The minimum absolute atomic E-state index is 0.139. The number of benzene rings is 1. The van der Waals surface area contributed by atoms with Crippen LogP contribution >= 0.6 is 0 Å². The first-order valence-electron chi connectivity index (χ1n) is 7.06. The third kappa shape index (κ3) is 4.37. The van der Waals surface area contributed by atoms with E-state index in [1.807, 2.05) is 24.3 Å². The van der Waals surface area contributed by atoms with Gasteiger partial charge in [-0.1, -0.05) is 0 Å². The summed E-state index contributed by atoms with van der Waals surface area (Å²) in [6.45, 7) is 6.02. The maximum Gasteiger partial charge on any atom is 0.119 e. The average molecular weight is 280 g/mol. The normalized spacial score (nSPS) is 23.6. The van der Waals surface area contributed by atoms with Crippen molar-refractivity contribution in [3.63, 3.8) is 0 Å². The SMILES string of the molecule is COc1ccc(OCCN2CC(C)OC(CN)C2)cc1. The molecule has 2 rings (SSSR count). The first kappa shape index (κ1) is 15.1. The summed E-state index contributed by atoms with van der Waals surface area (Å²) in [5.41, 5.74) is 5.68. The van der Waals surface area contributed by atoms with Crippen molar-refractivity contribution in [3.05, 3.63) is 24.3 Å². The molecule has 2 atom stereocenters. The molecular formula is C15H24N2O3. The van der Waals surface area contributed by atoms with E-state index in [4.69, 9.17) is 19.9 Å². The summed E-state index contributed by atoms with van der Waals surface area (Å²) in [7, 11) is 1.66. The summed E-state index contributed by atoms with van der Waals surface area (Å²) < 4.78 is 16.6. The molecular weight excluding hydrogens is 256 g/mol. The van der Waals surface area contributed by atoms with Crippen LogP contribution in [-0.4, -0.2) is 57.0 Å². The van der Waals surface area contributed by atoms with Crippen molar-refractivity contribution in [2.45, 2.75) is 19.1 Å². The highest BCUT2D eigenvalue weighted by Crippen LogP contribution is 2.17. The lowest BCUT2D eigenvalue weighted by Gasteiger charge is -2.36. The summed E-state index contributed by atoms with van der Waals surface area (Å²) in [5, 5.41) is 0. The molecule has 1 aromatic carbocycles. The van der Waals surface area contributed by atoms with E-state index < -0.39 is 0 Å². The lowest BCUT2D eigenvalue weighted by molar-refractivity contribution is -0.0739. The topological polar surface area (TPSA) is 57.0 Å². The Kier molecular flexibility index (Phi) is 5.64. The zero-order chi connectivity index (χ0) is 14.4. The van der Waals surface area contributed by atoms with Gasteiger partial charge in [0.1, 0.15) is 18.1 Å². The van der Waals surface area contributed by atoms with Crippen LogP contribution in [0.1, 0.15) is 6.92 Å². The Hall–Kier alpha value is -1.30. The van der Waals surface area contributed by atoms with Gasteiger partial charge in [-0.3, -0.25) is 4.90 Å². The van der Waals surface area contributed by atoms with Crippen molar-refractivity contribution in [3.8, 4) is 11.5 Å². The highest BCUT2D eigenvalue weighted by Gasteiger charge is 2.23. The van der Waals surface area contributed by atoms with Gasteiger partial charge in [-0.15, -0.1) is 0 Å². The zero-order valence-corrected chi connectivity index (χ0v) is 12.2. The van der Waals surface area contributed by atoms with Crippen LogP contribution in [0.2, 0.25) is 0 Å². The van der Waals surface area contributed by atoms with E-state index in [1.165, 1.54) is 0 Å². The first-order valence-corrected chi connectivity index (χ1v) is 7.06. The number of morpholine rings is 1. The van der Waals surface area contributed by atoms with Crippen molar-refractivity contribution in [1.29, 1.82) is 0 Å². The Balaban J connectivity index is 1.74. The van der Waals surface area contributed by atoms with Crippen LogP contribution in [0.4, 0.5) is 0 Å². The van der Waals surface area contributed by atoms with Crippen molar-refractivity contribution >= 4 is 0 Å². The molecule has 1 aromatic rings. The summed E-state index contributed by atoms with van der Waals surface area (Å²) in [4.78, 5) is 2.34. The number of rotatable bonds is 6. The van der Waals surface area contributed by atoms with Crippen LogP contribution < -0.4 is 15.2 Å². The van der Waals surface area contributed by atoms with Crippen molar-refractivity contribution in [2.24, 2.45) is 5.73 Å². The van der Waals surface area contributed by atoms with Gasteiger partial charge in [-0.25, -0.2) is 0 Å². The van der Waals surface area contributed by atoms with Gasteiger partial charge < -0.3 is 19.9 Å². The standard InChI is InChI=1S/C15H24N2O3/c1-12-10-17(11-15(9-16)20-12)7-8-19-14-5-3-13(18-2)4-6-14/h3-6,12,15H,7-11,16H2,1-2H3. The molecule has 0 radical (unpaired) electrons. The second-order valence-corrected chi connectivity index (χ2v) is 5.09. The summed E-state index contributed by atoms with van der Waals surface area (Å²) in [5.74, 6) is 1.70. The number of nitrogens with zero attached hydrogens (tertiary/aromatic N) is 1. The largest absolute Gasteiger partial charge is 0.497 e. The Labute approximate surface area is 120 Å². The molecule has 5 heteroatoms. The molecule has 1 saturated heterocycles. The molecule has 20 heavy (non-hydrogen) atoms. The van der Waals surface area contributed by atoms with Crippen molar-refractivity contribution in [1.82, 2.24) is 4.90 Å². The van der Waals surface area contributed by atoms with E-state index >= 15 is 0 Å². The smallest absolute Gasteiger partial charge is 0.119 e. The number of hydrogen-bond acceptors (Lipinski definition) is 5. The molecule has 1 fully saturated rings. The van der Waals surface area contributed by atoms with Gasteiger partial charge in [0, 0.05) is 26.2 Å². The molecule has 1 aliphatic rings. The summed E-state index contributed by atoms with van der Waals surface area (Å²) in [6.07, 6.45) is 0.373. The number of ether oxygens (including phenoxy) is 3. The zero-order valence-electron chi connectivity index (χ0n) is 12.2. The van der Waals surface area contributed by atoms with Crippen LogP contribution in [0.5, 0.6) is 11.5 Å². The minimum atomic E-state index is 0.139. The predicted octanol–water partition coefficient (Wildman–Crippen LogP) is 1.12. The lowest BCUT2D eigenvalue weighted by atomic mass is 10.2. The molecule has 0 amide bonds. The van der Waals surface area contributed by atoms with E-state index in [9.17, 15) is 0 Å². The minimum Gasteiger partial charge on any atom is -0.497 e. The van der Waals surface area contributed by atoms with E-state index in [1.54, 1.807) is 7.11 Å². The van der Waals surface area contributed by atoms with Crippen LogP contribution in [0.15, 0.2) is 24.3 Å². The van der Waals surface area contributed by atoms with E-state index in [2.05, 4.69) is 11.8 Å². The fourth-order valence-electron chi connectivity index (χ4n) is 2.42. The van der Waals surface area contributed by atoms with Gasteiger partial charge in [0.2, 0.25) is 0 Å². The molecule has 5 nitrogen and oxygen atoms in total. The van der Waals surface area contributed by atoms with Gasteiger partial charge in [-0.2, -0.15) is 0 Å². The Morgan fingerprint density at radius 3 is 2.60 bits per heavy atom. The maximum absolute atomic E-state index is 5.74. The lowest BCUT2D eigenvalue weighted by Crippen LogP contribution is -2.50. The average Bonchev–Trinajstić information content (AvgIpc) is 2.47. The highest BCUT2D eigenvalue weighted by atomic mass is 16.5. The summed E-state index contributed by atoms with van der Waals surface area (Å²) >= 11 is 0. The van der Waals surface area contributed by atoms with Gasteiger partial charge >= 0.3 is 0 Å². The van der Waals surface area contributed by atoms with Crippen molar-refractivity contribution in [2.75, 3.05) is 39.9 Å². The van der Waals surface area contributed by atoms with Crippen molar-refractivity contribution < 1.29 is 14.2 Å². The fourth-order valence-corrected chi connectivity index (χ4v) is 2.42. The van der Waals surface area contributed by atoms with Gasteiger partial charge in [-0.05, 0) is 31.2 Å². The van der Waals surface area contributed by atoms with Gasteiger partial charge in [0.25, 0.3) is 0 Å². The second-order valence-electron chi connectivity index (χ2n) is 5.09. The number of methoxy groups -OCH3 is 1. The number of nitrogens with two attached hydrogens (primary N) is 1. The molecule has 2 unspecified atom stereocenters. The van der Waals surface area contributed by atoms with Gasteiger partial charge in [0.05, 0.1) is 19.3 Å². The predicted molar refractivity (Wildman–Crippen MR) is 78.3 cm³/mol.